The van der Waals surface area contributed by atoms with Crippen molar-refractivity contribution in [3.63, 3.8) is 0 Å². The minimum absolute atomic E-state index is 0.0386. The molecule has 0 aliphatic carbocycles. The van der Waals surface area contributed by atoms with Crippen LogP contribution in [-0.2, 0) is 22.7 Å². The predicted octanol–water partition coefficient (Wildman–Crippen LogP) is 2.61. The number of carbonyl (C=O) groups excluding carboxylic acids is 2. The van der Waals surface area contributed by atoms with E-state index < -0.39 is 0 Å². The lowest BCUT2D eigenvalue weighted by molar-refractivity contribution is -0.126. The first-order chi connectivity index (χ1) is 14.6. The number of benzene rings is 2. The number of hydrogen-bond donors (Lipinski definition) is 1. The molecule has 1 aromatic heterocycles. The van der Waals surface area contributed by atoms with Gasteiger partial charge >= 0.3 is 0 Å². The van der Waals surface area contributed by atoms with Crippen LogP contribution >= 0.6 is 0 Å². The van der Waals surface area contributed by atoms with E-state index in [0.717, 1.165) is 22.6 Å². The molecule has 0 saturated carbocycles. The molecule has 1 aliphatic heterocycles. The Bertz CT molecular complexity index is 998. The lowest BCUT2D eigenvalue weighted by Crippen LogP contribution is -2.32. The van der Waals surface area contributed by atoms with Gasteiger partial charge in [0.2, 0.25) is 11.8 Å². The molecule has 1 aliphatic rings. The van der Waals surface area contributed by atoms with E-state index >= 15 is 0 Å². The van der Waals surface area contributed by atoms with E-state index in [0.29, 0.717) is 19.6 Å². The molecule has 4 rings (SSSR count). The number of nitrogens with zero attached hydrogens (tertiary/aromatic N) is 3. The first-order valence-electron chi connectivity index (χ1n) is 9.90. The lowest BCUT2D eigenvalue weighted by atomic mass is 10.1. The molecular formula is C23H24N4O3. The van der Waals surface area contributed by atoms with E-state index in [1.165, 1.54) is 0 Å². The van der Waals surface area contributed by atoms with Crippen LogP contribution in [0.3, 0.4) is 0 Å². The second-order valence-electron chi connectivity index (χ2n) is 7.34. The Kier molecular flexibility index (Phi) is 5.79. The number of nitrogens with one attached hydrogen (secondary N) is 1. The molecule has 1 unspecified atom stereocenters. The smallest absolute Gasteiger partial charge is 0.227 e. The SMILES string of the molecule is COc1ccc(N2CC(C(=O)NCc3ccc(Cn4cccn4)cc3)CC2=O)cc1. The summed E-state index contributed by atoms with van der Waals surface area (Å²) in [5.41, 5.74) is 2.94. The number of hydrogen-bond acceptors (Lipinski definition) is 4. The van der Waals surface area contributed by atoms with Gasteiger partial charge in [-0.25, -0.2) is 0 Å². The van der Waals surface area contributed by atoms with Crippen molar-refractivity contribution >= 4 is 17.5 Å². The molecule has 30 heavy (non-hydrogen) atoms. The molecule has 7 heteroatoms. The van der Waals surface area contributed by atoms with E-state index in [-0.39, 0.29) is 24.2 Å². The minimum Gasteiger partial charge on any atom is -0.497 e. The molecule has 1 N–H and O–H groups in total. The van der Waals surface area contributed by atoms with Crippen LogP contribution in [0.4, 0.5) is 5.69 Å². The summed E-state index contributed by atoms with van der Waals surface area (Å²) in [4.78, 5) is 26.7. The molecule has 0 spiro atoms. The molecule has 1 fully saturated rings. The first kappa shape index (κ1) is 19.7. The Labute approximate surface area is 175 Å². The molecule has 3 aromatic rings. The number of carbonyl (C=O) groups is 2. The fourth-order valence-corrected chi connectivity index (χ4v) is 3.57. The van der Waals surface area contributed by atoms with Crippen LogP contribution in [0.1, 0.15) is 17.5 Å². The van der Waals surface area contributed by atoms with Gasteiger partial charge in [-0.2, -0.15) is 5.10 Å². The quantitative estimate of drug-likeness (QED) is 0.657. The number of anilines is 1. The molecular weight excluding hydrogens is 380 g/mol. The van der Waals surface area contributed by atoms with E-state index in [2.05, 4.69) is 10.4 Å². The Morgan fingerprint density at radius 1 is 1.13 bits per heavy atom. The van der Waals surface area contributed by atoms with Gasteiger partial charge in [0.1, 0.15) is 5.75 Å². The number of ether oxygens (including phenoxy) is 1. The highest BCUT2D eigenvalue weighted by Crippen LogP contribution is 2.27. The molecule has 0 radical (unpaired) electrons. The molecule has 154 valence electrons. The van der Waals surface area contributed by atoms with Crippen LogP contribution < -0.4 is 15.0 Å². The minimum atomic E-state index is -0.348. The second-order valence-corrected chi connectivity index (χ2v) is 7.34. The maximum atomic E-state index is 12.6. The Morgan fingerprint density at radius 3 is 2.53 bits per heavy atom. The van der Waals surface area contributed by atoms with Crippen LogP contribution in [0.2, 0.25) is 0 Å². The fourth-order valence-electron chi connectivity index (χ4n) is 3.57. The van der Waals surface area contributed by atoms with Crippen molar-refractivity contribution in [3.8, 4) is 5.75 Å². The fraction of sp³-hybridized carbons (Fsp3) is 0.261. The van der Waals surface area contributed by atoms with Crippen LogP contribution in [0.25, 0.3) is 0 Å². The van der Waals surface area contributed by atoms with Crippen molar-refractivity contribution in [2.24, 2.45) is 5.92 Å². The molecule has 1 saturated heterocycles. The first-order valence-corrected chi connectivity index (χ1v) is 9.90. The van der Waals surface area contributed by atoms with Gasteiger partial charge < -0.3 is 15.0 Å². The third-order valence-corrected chi connectivity index (χ3v) is 5.27. The second kappa shape index (κ2) is 8.82. The molecule has 2 heterocycles. The van der Waals surface area contributed by atoms with Crippen LogP contribution in [0, 0.1) is 5.92 Å². The van der Waals surface area contributed by atoms with Gasteiger partial charge in [0, 0.05) is 37.6 Å². The Hall–Kier alpha value is -3.61. The summed E-state index contributed by atoms with van der Waals surface area (Å²) in [6, 6.07) is 17.3. The lowest BCUT2D eigenvalue weighted by Gasteiger charge is -2.17. The average molecular weight is 404 g/mol. The monoisotopic (exact) mass is 404 g/mol. The zero-order valence-corrected chi connectivity index (χ0v) is 16.8. The zero-order valence-electron chi connectivity index (χ0n) is 16.8. The van der Waals surface area contributed by atoms with Crippen molar-refractivity contribution in [1.82, 2.24) is 15.1 Å². The Balaban J connectivity index is 1.30. The Morgan fingerprint density at radius 2 is 1.87 bits per heavy atom. The molecule has 2 amide bonds. The summed E-state index contributed by atoms with van der Waals surface area (Å²) in [5.74, 6) is 0.247. The largest absolute Gasteiger partial charge is 0.497 e. The highest BCUT2D eigenvalue weighted by atomic mass is 16.5. The van der Waals surface area contributed by atoms with Crippen molar-refractivity contribution < 1.29 is 14.3 Å². The zero-order chi connectivity index (χ0) is 20.9. The summed E-state index contributed by atoms with van der Waals surface area (Å²) in [5, 5.41) is 7.16. The molecule has 2 aromatic carbocycles. The number of methoxy groups -OCH3 is 1. The van der Waals surface area contributed by atoms with Gasteiger partial charge in [0.15, 0.2) is 0 Å². The summed E-state index contributed by atoms with van der Waals surface area (Å²) in [6.45, 7) is 1.54. The topological polar surface area (TPSA) is 76.5 Å². The van der Waals surface area contributed by atoms with Crippen LogP contribution in [-0.4, -0.2) is 35.2 Å². The standard InChI is InChI=1S/C23H24N4O3/c1-30-21-9-7-20(8-10-21)27-16-19(13-22(27)28)23(29)24-14-17-3-5-18(6-4-17)15-26-12-2-11-25-26/h2-12,19H,13-16H2,1H3,(H,24,29). The van der Waals surface area contributed by atoms with E-state index in [4.69, 9.17) is 4.74 Å². The third-order valence-electron chi connectivity index (χ3n) is 5.27. The summed E-state index contributed by atoms with van der Waals surface area (Å²) < 4.78 is 7.02. The van der Waals surface area contributed by atoms with Gasteiger partial charge in [0.05, 0.1) is 19.6 Å². The highest BCUT2D eigenvalue weighted by Gasteiger charge is 2.34. The maximum Gasteiger partial charge on any atom is 0.227 e. The summed E-state index contributed by atoms with van der Waals surface area (Å²) >= 11 is 0. The third kappa shape index (κ3) is 4.51. The summed E-state index contributed by atoms with van der Waals surface area (Å²) in [7, 11) is 1.60. The van der Waals surface area contributed by atoms with Crippen molar-refractivity contribution in [2.45, 2.75) is 19.5 Å². The average Bonchev–Trinajstić information content (AvgIpc) is 3.43. The number of aromatic nitrogens is 2. The number of rotatable bonds is 7. The molecule has 7 nitrogen and oxygen atoms in total. The van der Waals surface area contributed by atoms with E-state index in [9.17, 15) is 9.59 Å². The predicted molar refractivity (Wildman–Crippen MR) is 113 cm³/mol. The number of amides is 2. The maximum absolute atomic E-state index is 12.6. The van der Waals surface area contributed by atoms with Gasteiger partial charge in [-0.05, 0) is 41.5 Å². The highest BCUT2D eigenvalue weighted by molar-refractivity contribution is 6.00. The van der Waals surface area contributed by atoms with Gasteiger partial charge in [-0.3, -0.25) is 14.3 Å². The molecule has 1 atom stereocenters. The van der Waals surface area contributed by atoms with E-state index in [1.807, 2.05) is 65.5 Å². The van der Waals surface area contributed by atoms with Gasteiger partial charge in [0.25, 0.3) is 0 Å². The van der Waals surface area contributed by atoms with Gasteiger partial charge in [-0.1, -0.05) is 24.3 Å². The van der Waals surface area contributed by atoms with Gasteiger partial charge in [-0.15, -0.1) is 0 Å². The van der Waals surface area contributed by atoms with Crippen molar-refractivity contribution in [3.05, 3.63) is 78.1 Å². The normalized spacial score (nSPS) is 16.0. The molecule has 0 bridgehead atoms. The van der Waals surface area contributed by atoms with Crippen LogP contribution in [0.15, 0.2) is 67.0 Å². The van der Waals surface area contributed by atoms with Crippen molar-refractivity contribution in [1.29, 1.82) is 0 Å². The van der Waals surface area contributed by atoms with E-state index in [1.54, 1.807) is 18.2 Å². The van der Waals surface area contributed by atoms with Crippen LogP contribution in [0.5, 0.6) is 5.75 Å². The summed E-state index contributed by atoms with van der Waals surface area (Å²) in [6.07, 6.45) is 3.90. The van der Waals surface area contributed by atoms with Crippen molar-refractivity contribution in [2.75, 3.05) is 18.6 Å².